The van der Waals surface area contributed by atoms with Crippen molar-refractivity contribution >= 4 is 18.3 Å². The van der Waals surface area contributed by atoms with Crippen LogP contribution in [0, 0.1) is 11.8 Å². The van der Waals surface area contributed by atoms with E-state index in [2.05, 4.69) is 64.2 Å². The summed E-state index contributed by atoms with van der Waals surface area (Å²) < 4.78 is 0. The van der Waals surface area contributed by atoms with Crippen LogP contribution >= 0.6 is 12.4 Å². The van der Waals surface area contributed by atoms with Gasteiger partial charge in [-0.15, -0.1) is 12.4 Å². The number of carbonyl (C=O) groups is 1. The molecule has 0 aliphatic heterocycles. The lowest BCUT2D eigenvalue weighted by Gasteiger charge is -2.17. The molecule has 0 aromatic heterocycles. The molecule has 3 N–H and O–H groups in total. The molecule has 1 rings (SSSR count). The first-order valence-electron chi connectivity index (χ1n) is 7.93. The predicted octanol–water partition coefficient (Wildman–Crippen LogP) is 4.03. The summed E-state index contributed by atoms with van der Waals surface area (Å²) in [5.74, 6) is 1.53. The standard InChI is InChI=1S/C18H30N2O.ClH/c1-12(2)14(5)10-18(21)20-11-17(19)16-8-6-15(7-9-16)13(3)4;/h6-9,12-14,17H,10-11,19H2,1-5H3,(H,20,21);1H. The number of rotatable bonds is 7. The lowest BCUT2D eigenvalue weighted by atomic mass is 9.94. The molecule has 126 valence electrons. The van der Waals surface area contributed by atoms with Gasteiger partial charge in [0.25, 0.3) is 0 Å². The third-order valence-corrected chi connectivity index (χ3v) is 4.20. The van der Waals surface area contributed by atoms with Crippen molar-refractivity contribution in [2.75, 3.05) is 6.54 Å². The van der Waals surface area contributed by atoms with Crippen LogP contribution in [-0.4, -0.2) is 12.5 Å². The molecule has 0 heterocycles. The molecule has 0 bridgehead atoms. The van der Waals surface area contributed by atoms with Crippen LogP contribution in [-0.2, 0) is 4.79 Å². The largest absolute Gasteiger partial charge is 0.354 e. The van der Waals surface area contributed by atoms with Crippen LogP contribution in [0.5, 0.6) is 0 Å². The highest BCUT2D eigenvalue weighted by molar-refractivity contribution is 5.85. The van der Waals surface area contributed by atoms with Gasteiger partial charge in [0.1, 0.15) is 0 Å². The maximum absolute atomic E-state index is 11.9. The van der Waals surface area contributed by atoms with Gasteiger partial charge in [0.15, 0.2) is 0 Å². The molecule has 0 saturated carbocycles. The third kappa shape index (κ3) is 6.80. The highest BCUT2D eigenvalue weighted by Crippen LogP contribution is 2.18. The fraction of sp³-hybridized carbons (Fsp3) is 0.611. The van der Waals surface area contributed by atoms with Gasteiger partial charge in [-0.2, -0.15) is 0 Å². The predicted molar refractivity (Wildman–Crippen MR) is 96.3 cm³/mol. The SMILES string of the molecule is CC(C)c1ccc(C(N)CNC(=O)CC(C)C(C)C)cc1.Cl. The maximum atomic E-state index is 11.9. The fourth-order valence-corrected chi connectivity index (χ4v) is 2.07. The monoisotopic (exact) mass is 326 g/mol. The van der Waals surface area contributed by atoms with E-state index in [-0.39, 0.29) is 24.4 Å². The van der Waals surface area contributed by atoms with Crippen LogP contribution < -0.4 is 11.1 Å². The molecule has 0 spiro atoms. The highest BCUT2D eigenvalue weighted by atomic mass is 35.5. The number of carbonyl (C=O) groups excluding carboxylic acids is 1. The minimum Gasteiger partial charge on any atom is -0.354 e. The van der Waals surface area contributed by atoms with Crippen LogP contribution in [0.4, 0.5) is 0 Å². The summed E-state index contributed by atoms with van der Waals surface area (Å²) in [4.78, 5) is 11.9. The summed E-state index contributed by atoms with van der Waals surface area (Å²) in [7, 11) is 0. The first-order valence-corrected chi connectivity index (χ1v) is 7.93. The molecule has 2 atom stereocenters. The van der Waals surface area contributed by atoms with E-state index < -0.39 is 0 Å². The van der Waals surface area contributed by atoms with Gasteiger partial charge in [0.2, 0.25) is 5.91 Å². The fourth-order valence-electron chi connectivity index (χ4n) is 2.07. The van der Waals surface area contributed by atoms with E-state index in [1.807, 2.05) is 0 Å². The molecule has 0 aliphatic carbocycles. The molecule has 1 amide bonds. The second-order valence-electron chi connectivity index (χ2n) is 6.66. The van der Waals surface area contributed by atoms with Crippen molar-refractivity contribution in [3.8, 4) is 0 Å². The molecule has 1 aromatic carbocycles. The molecule has 4 heteroatoms. The molecule has 1 aromatic rings. The lowest BCUT2D eigenvalue weighted by Crippen LogP contribution is -2.33. The number of nitrogens with one attached hydrogen (secondary N) is 1. The minimum atomic E-state index is -0.149. The van der Waals surface area contributed by atoms with Gasteiger partial charge in [-0.3, -0.25) is 4.79 Å². The smallest absolute Gasteiger partial charge is 0.220 e. The number of hydrogen-bond donors (Lipinski definition) is 2. The Morgan fingerprint density at radius 1 is 1.05 bits per heavy atom. The van der Waals surface area contributed by atoms with E-state index in [9.17, 15) is 4.79 Å². The van der Waals surface area contributed by atoms with E-state index in [0.29, 0.717) is 30.7 Å². The van der Waals surface area contributed by atoms with Crippen molar-refractivity contribution in [3.63, 3.8) is 0 Å². The number of benzene rings is 1. The van der Waals surface area contributed by atoms with Crippen LogP contribution in [0.2, 0.25) is 0 Å². The summed E-state index contributed by atoms with van der Waals surface area (Å²) in [6, 6.07) is 8.20. The Bertz CT molecular complexity index is 443. The topological polar surface area (TPSA) is 55.1 Å². The Kier molecular flexibility index (Phi) is 9.38. The van der Waals surface area contributed by atoms with Gasteiger partial charge in [0, 0.05) is 19.0 Å². The average molecular weight is 327 g/mol. The summed E-state index contributed by atoms with van der Waals surface area (Å²) >= 11 is 0. The van der Waals surface area contributed by atoms with E-state index in [1.54, 1.807) is 0 Å². The Morgan fingerprint density at radius 3 is 2.00 bits per heavy atom. The van der Waals surface area contributed by atoms with Gasteiger partial charge in [-0.05, 0) is 28.9 Å². The zero-order valence-corrected chi connectivity index (χ0v) is 15.2. The zero-order valence-electron chi connectivity index (χ0n) is 14.4. The van der Waals surface area contributed by atoms with Crippen LogP contribution in [0.25, 0.3) is 0 Å². The van der Waals surface area contributed by atoms with Gasteiger partial charge in [0.05, 0.1) is 0 Å². The first-order chi connectivity index (χ1) is 9.81. The molecule has 0 radical (unpaired) electrons. The summed E-state index contributed by atoms with van der Waals surface area (Å²) in [5.41, 5.74) is 8.52. The van der Waals surface area contributed by atoms with Crippen molar-refractivity contribution in [2.45, 2.75) is 53.0 Å². The van der Waals surface area contributed by atoms with Crippen LogP contribution in [0.15, 0.2) is 24.3 Å². The molecule has 0 aliphatic rings. The van der Waals surface area contributed by atoms with Gasteiger partial charge < -0.3 is 11.1 Å². The molecular formula is C18H31ClN2O. The summed E-state index contributed by atoms with van der Waals surface area (Å²) in [5, 5.41) is 2.94. The highest BCUT2D eigenvalue weighted by Gasteiger charge is 2.14. The van der Waals surface area contributed by atoms with Gasteiger partial charge >= 0.3 is 0 Å². The van der Waals surface area contributed by atoms with E-state index in [1.165, 1.54) is 5.56 Å². The van der Waals surface area contributed by atoms with Crippen molar-refractivity contribution in [2.24, 2.45) is 17.6 Å². The van der Waals surface area contributed by atoms with Crippen LogP contribution in [0.3, 0.4) is 0 Å². The second kappa shape index (κ2) is 9.86. The van der Waals surface area contributed by atoms with Crippen molar-refractivity contribution in [3.05, 3.63) is 35.4 Å². The Labute approximate surface area is 141 Å². The second-order valence-corrected chi connectivity index (χ2v) is 6.66. The van der Waals surface area contributed by atoms with E-state index in [0.717, 1.165) is 5.56 Å². The first kappa shape index (κ1) is 20.9. The van der Waals surface area contributed by atoms with Crippen LogP contribution in [0.1, 0.15) is 64.1 Å². The summed E-state index contributed by atoms with van der Waals surface area (Å²) in [6.45, 7) is 11.2. The number of halogens is 1. The summed E-state index contributed by atoms with van der Waals surface area (Å²) in [6.07, 6.45) is 0.566. The quantitative estimate of drug-likeness (QED) is 0.794. The van der Waals surface area contributed by atoms with Gasteiger partial charge in [-0.25, -0.2) is 0 Å². The van der Waals surface area contributed by atoms with Crippen molar-refractivity contribution in [1.82, 2.24) is 5.32 Å². The van der Waals surface area contributed by atoms with E-state index >= 15 is 0 Å². The number of hydrogen-bond acceptors (Lipinski definition) is 2. The normalized spacial score (nSPS) is 13.6. The number of nitrogens with two attached hydrogens (primary N) is 1. The minimum absolute atomic E-state index is 0. The Balaban J connectivity index is 0.00000441. The third-order valence-electron chi connectivity index (χ3n) is 4.20. The van der Waals surface area contributed by atoms with Gasteiger partial charge in [-0.1, -0.05) is 58.9 Å². The van der Waals surface area contributed by atoms with Crippen molar-refractivity contribution in [1.29, 1.82) is 0 Å². The van der Waals surface area contributed by atoms with E-state index in [4.69, 9.17) is 5.73 Å². The average Bonchev–Trinajstić information content (AvgIpc) is 2.44. The lowest BCUT2D eigenvalue weighted by molar-refractivity contribution is -0.122. The molecule has 2 unspecified atom stereocenters. The number of amides is 1. The molecular weight excluding hydrogens is 296 g/mol. The molecule has 3 nitrogen and oxygen atoms in total. The maximum Gasteiger partial charge on any atom is 0.220 e. The zero-order chi connectivity index (χ0) is 16.0. The Morgan fingerprint density at radius 2 is 1.55 bits per heavy atom. The van der Waals surface area contributed by atoms with Crippen molar-refractivity contribution < 1.29 is 4.79 Å². The molecule has 0 saturated heterocycles. The molecule has 22 heavy (non-hydrogen) atoms. The Hall–Kier alpha value is -1.06. The molecule has 0 fully saturated rings.